The van der Waals surface area contributed by atoms with Gasteiger partial charge in [0.1, 0.15) is 0 Å². The molecule has 5 nitrogen and oxygen atoms in total. The van der Waals surface area contributed by atoms with Crippen LogP contribution in [0.25, 0.3) is 0 Å². The maximum Gasteiger partial charge on any atom is 0.451 e. The molecule has 21 heavy (non-hydrogen) atoms. The van der Waals surface area contributed by atoms with Crippen LogP contribution in [0.4, 0.5) is 18.9 Å². The van der Waals surface area contributed by atoms with E-state index in [9.17, 15) is 18.0 Å². The Kier molecular flexibility index (Phi) is 5.45. The highest BCUT2D eigenvalue weighted by Crippen LogP contribution is 2.28. The largest absolute Gasteiger partial charge is 0.502 e. The third kappa shape index (κ3) is 4.90. The second kappa shape index (κ2) is 6.87. The molecule has 1 N–H and O–H groups in total. The smallest absolute Gasteiger partial charge is 0.451 e. The van der Waals surface area contributed by atoms with Gasteiger partial charge in [-0.3, -0.25) is 0 Å². The third-order valence-electron chi connectivity index (χ3n) is 2.26. The van der Waals surface area contributed by atoms with Crippen molar-refractivity contribution >= 4 is 11.7 Å². The molecule has 1 aromatic rings. The molecule has 0 bridgehead atoms. The van der Waals surface area contributed by atoms with Crippen molar-refractivity contribution in [2.24, 2.45) is 10.2 Å². The fourth-order valence-corrected chi connectivity index (χ4v) is 1.24. The number of aryl methyl sites for hydroxylation is 1. The number of benzene rings is 1. The van der Waals surface area contributed by atoms with Crippen molar-refractivity contribution in [2.75, 3.05) is 6.61 Å². The van der Waals surface area contributed by atoms with E-state index in [0.29, 0.717) is 0 Å². The molecule has 1 rings (SSSR count). The normalized spacial score (nSPS) is 13.2. The summed E-state index contributed by atoms with van der Waals surface area (Å²) < 4.78 is 41.8. The monoisotopic (exact) mass is 302 g/mol. The quantitative estimate of drug-likeness (QED) is 0.396. The Bertz CT molecular complexity index is 563. The summed E-state index contributed by atoms with van der Waals surface area (Å²) in [7, 11) is 0. The first-order valence-corrected chi connectivity index (χ1v) is 5.91. The van der Waals surface area contributed by atoms with Crippen molar-refractivity contribution in [3.8, 4) is 0 Å². The standard InChI is InChI=1S/C13H13F3N2O3/c1-3-21-12(20)10(11(19)13(14,15)16)18-17-9-6-4-8(2)5-7-9/h4-7,19H,3H2,1-2H3/b11-10+,18-17?. The molecule has 0 amide bonds. The van der Waals surface area contributed by atoms with Gasteiger partial charge in [-0.05, 0) is 26.0 Å². The zero-order chi connectivity index (χ0) is 16.0. The lowest BCUT2D eigenvalue weighted by atomic mass is 10.2. The predicted octanol–water partition coefficient (Wildman–Crippen LogP) is 3.97. The van der Waals surface area contributed by atoms with Crippen LogP contribution in [0.1, 0.15) is 12.5 Å². The third-order valence-corrected chi connectivity index (χ3v) is 2.26. The fourth-order valence-electron chi connectivity index (χ4n) is 1.24. The highest BCUT2D eigenvalue weighted by molar-refractivity contribution is 5.88. The van der Waals surface area contributed by atoms with Crippen LogP contribution in [0.2, 0.25) is 0 Å². The first-order chi connectivity index (χ1) is 9.75. The number of halogens is 3. The first-order valence-electron chi connectivity index (χ1n) is 5.91. The van der Waals surface area contributed by atoms with Crippen LogP contribution in [0.5, 0.6) is 0 Å². The highest BCUT2D eigenvalue weighted by atomic mass is 19.4. The molecular weight excluding hydrogens is 289 g/mol. The summed E-state index contributed by atoms with van der Waals surface area (Å²) in [6.45, 7) is 3.07. The number of aliphatic hydroxyl groups is 1. The molecular formula is C13H13F3N2O3. The van der Waals surface area contributed by atoms with Crippen LogP contribution in [0, 0.1) is 6.92 Å². The number of allylic oxidation sites excluding steroid dienone is 1. The van der Waals surface area contributed by atoms with Crippen molar-refractivity contribution in [2.45, 2.75) is 20.0 Å². The molecule has 0 radical (unpaired) electrons. The number of alkyl halides is 3. The Balaban J connectivity index is 3.14. The molecule has 0 aromatic heterocycles. The number of carbonyl (C=O) groups is 1. The summed E-state index contributed by atoms with van der Waals surface area (Å²) in [5.41, 5.74) is -0.129. The highest BCUT2D eigenvalue weighted by Gasteiger charge is 2.39. The maximum atomic E-state index is 12.5. The molecule has 8 heteroatoms. The van der Waals surface area contributed by atoms with E-state index in [1.54, 1.807) is 12.1 Å². The van der Waals surface area contributed by atoms with Gasteiger partial charge in [0.15, 0.2) is 0 Å². The summed E-state index contributed by atoms with van der Waals surface area (Å²) in [6.07, 6.45) is -5.12. The lowest BCUT2D eigenvalue weighted by Gasteiger charge is -2.08. The van der Waals surface area contributed by atoms with Gasteiger partial charge in [-0.15, -0.1) is 5.11 Å². The molecule has 114 valence electrons. The van der Waals surface area contributed by atoms with E-state index in [1.807, 2.05) is 6.92 Å². The molecule has 1 aromatic carbocycles. The minimum atomic E-state index is -5.12. The molecule has 0 atom stereocenters. The van der Waals surface area contributed by atoms with Crippen molar-refractivity contribution in [1.82, 2.24) is 0 Å². The van der Waals surface area contributed by atoms with Crippen molar-refractivity contribution in [1.29, 1.82) is 0 Å². The first kappa shape index (κ1) is 16.7. The summed E-state index contributed by atoms with van der Waals surface area (Å²) in [5.74, 6) is -3.54. The predicted molar refractivity (Wildman–Crippen MR) is 68.0 cm³/mol. The van der Waals surface area contributed by atoms with E-state index in [4.69, 9.17) is 5.11 Å². The summed E-state index contributed by atoms with van der Waals surface area (Å²) in [5, 5.41) is 15.7. The van der Waals surface area contributed by atoms with Crippen LogP contribution in [0.15, 0.2) is 46.0 Å². The van der Waals surface area contributed by atoms with Gasteiger partial charge in [0, 0.05) is 0 Å². The number of hydrogen-bond donors (Lipinski definition) is 1. The molecule has 0 fully saturated rings. The molecule has 0 spiro atoms. The van der Waals surface area contributed by atoms with E-state index in [-0.39, 0.29) is 12.3 Å². The van der Waals surface area contributed by atoms with Crippen LogP contribution >= 0.6 is 0 Å². The lowest BCUT2D eigenvalue weighted by molar-refractivity contribution is -0.143. The van der Waals surface area contributed by atoms with E-state index < -0.39 is 23.6 Å². The Morgan fingerprint density at radius 3 is 2.33 bits per heavy atom. The van der Waals surface area contributed by atoms with Crippen LogP contribution < -0.4 is 0 Å². The van der Waals surface area contributed by atoms with E-state index in [2.05, 4.69) is 15.0 Å². The molecule has 0 aliphatic carbocycles. The number of rotatable bonds is 4. The number of hydrogen-bond acceptors (Lipinski definition) is 5. The second-order valence-corrected chi connectivity index (χ2v) is 3.95. The molecule has 0 unspecified atom stereocenters. The fraction of sp³-hybridized carbons (Fsp3) is 0.308. The number of ether oxygens (including phenoxy) is 1. The lowest BCUT2D eigenvalue weighted by Crippen LogP contribution is -2.18. The van der Waals surface area contributed by atoms with Gasteiger partial charge in [0.05, 0.1) is 12.3 Å². The summed E-state index contributed by atoms with van der Waals surface area (Å²) >= 11 is 0. The minimum absolute atomic E-state index is 0.159. The topological polar surface area (TPSA) is 71.2 Å². The number of aliphatic hydroxyl groups excluding tert-OH is 1. The zero-order valence-corrected chi connectivity index (χ0v) is 11.3. The molecule has 0 saturated carbocycles. The number of carbonyl (C=O) groups excluding carboxylic acids is 1. The molecule has 0 aliphatic rings. The zero-order valence-electron chi connectivity index (χ0n) is 11.3. The average molecular weight is 302 g/mol. The van der Waals surface area contributed by atoms with Crippen molar-refractivity contribution in [3.05, 3.63) is 41.3 Å². The number of esters is 1. The average Bonchev–Trinajstić information content (AvgIpc) is 2.40. The van der Waals surface area contributed by atoms with Crippen LogP contribution in [-0.2, 0) is 9.53 Å². The minimum Gasteiger partial charge on any atom is -0.502 e. The summed E-state index contributed by atoms with van der Waals surface area (Å²) in [4.78, 5) is 11.4. The van der Waals surface area contributed by atoms with Gasteiger partial charge in [-0.2, -0.15) is 18.3 Å². The Hall–Kier alpha value is -2.38. The van der Waals surface area contributed by atoms with Gasteiger partial charge in [0.2, 0.25) is 11.5 Å². The SMILES string of the molecule is CCOC(=O)/C(N=Nc1ccc(C)cc1)=C(\O)C(F)(F)F. The molecule has 0 saturated heterocycles. The van der Waals surface area contributed by atoms with Crippen LogP contribution in [0.3, 0.4) is 0 Å². The van der Waals surface area contributed by atoms with Gasteiger partial charge in [-0.1, -0.05) is 17.7 Å². The second-order valence-electron chi connectivity index (χ2n) is 3.95. The van der Waals surface area contributed by atoms with Crippen LogP contribution in [-0.4, -0.2) is 23.9 Å². The van der Waals surface area contributed by atoms with Gasteiger partial charge in [0.25, 0.3) is 0 Å². The number of azo groups is 1. The summed E-state index contributed by atoms with van der Waals surface area (Å²) in [6, 6.07) is 6.36. The van der Waals surface area contributed by atoms with Crippen molar-refractivity contribution < 1.29 is 27.8 Å². The van der Waals surface area contributed by atoms with Gasteiger partial charge < -0.3 is 9.84 Å². The van der Waals surface area contributed by atoms with Crippen molar-refractivity contribution in [3.63, 3.8) is 0 Å². The maximum absolute atomic E-state index is 12.5. The van der Waals surface area contributed by atoms with Gasteiger partial charge >= 0.3 is 12.1 Å². The molecule has 0 aliphatic heterocycles. The molecule has 0 heterocycles. The Labute approximate surface area is 118 Å². The van der Waals surface area contributed by atoms with E-state index >= 15 is 0 Å². The Morgan fingerprint density at radius 2 is 1.86 bits per heavy atom. The van der Waals surface area contributed by atoms with E-state index in [1.165, 1.54) is 19.1 Å². The van der Waals surface area contributed by atoms with E-state index in [0.717, 1.165) is 5.56 Å². The van der Waals surface area contributed by atoms with Gasteiger partial charge in [-0.25, -0.2) is 4.79 Å². The Morgan fingerprint density at radius 1 is 1.29 bits per heavy atom. The number of nitrogens with zero attached hydrogens (tertiary/aromatic N) is 2.